The van der Waals surface area contributed by atoms with Crippen LogP contribution in [0.15, 0.2) is 3.92 Å². The lowest BCUT2D eigenvalue weighted by Gasteiger charge is -2.02. The van der Waals surface area contributed by atoms with Gasteiger partial charge in [0.25, 0.3) is 0 Å². The van der Waals surface area contributed by atoms with Gasteiger partial charge >= 0.3 is 0 Å². The van der Waals surface area contributed by atoms with Crippen molar-refractivity contribution in [1.29, 1.82) is 0 Å². The smallest absolute Gasteiger partial charge is 0.142 e. The lowest BCUT2D eigenvalue weighted by Crippen LogP contribution is -1.91. The lowest BCUT2D eigenvalue weighted by atomic mass is 10.1. The molecule has 0 saturated heterocycles. The molecule has 0 saturated carbocycles. The van der Waals surface area contributed by atoms with E-state index < -0.39 is 0 Å². The van der Waals surface area contributed by atoms with Gasteiger partial charge in [0.05, 0.1) is 0 Å². The highest BCUT2D eigenvalue weighted by molar-refractivity contribution is 9.11. The van der Waals surface area contributed by atoms with Crippen LogP contribution in [0.5, 0.6) is 0 Å². The molecular weight excluding hydrogens is 224 g/mol. The molecule has 1 rings (SSSR count). The Bertz CT molecular complexity index is 224. The van der Waals surface area contributed by atoms with Gasteiger partial charge in [-0.3, -0.25) is 0 Å². The van der Waals surface area contributed by atoms with Crippen LogP contribution < -0.4 is 0 Å². The number of hydrogen-bond donors (Lipinski definition) is 0. The molecular formula is C7H11BrN2S. The van der Waals surface area contributed by atoms with E-state index in [1.807, 2.05) is 0 Å². The van der Waals surface area contributed by atoms with Gasteiger partial charge in [-0.15, -0.1) is 10.2 Å². The van der Waals surface area contributed by atoms with E-state index in [0.717, 1.165) is 8.92 Å². The Hall–Kier alpha value is 0.0400. The number of halogens is 1. The van der Waals surface area contributed by atoms with Crippen molar-refractivity contribution in [2.75, 3.05) is 0 Å². The first-order valence-corrected chi connectivity index (χ1v) is 5.34. The highest BCUT2D eigenvalue weighted by Crippen LogP contribution is 2.25. The second-order valence-corrected chi connectivity index (χ2v) is 4.87. The molecule has 1 heterocycles. The Labute approximate surface area is 79.2 Å². The van der Waals surface area contributed by atoms with E-state index in [0.29, 0.717) is 5.92 Å². The quantitative estimate of drug-likeness (QED) is 0.803. The average Bonchev–Trinajstić information content (AvgIpc) is 2.36. The average molecular weight is 235 g/mol. The van der Waals surface area contributed by atoms with E-state index in [1.165, 1.54) is 12.8 Å². The summed E-state index contributed by atoms with van der Waals surface area (Å²) in [5, 5.41) is 9.10. The first-order valence-electron chi connectivity index (χ1n) is 3.73. The van der Waals surface area contributed by atoms with E-state index in [2.05, 4.69) is 40.0 Å². The topological polar surface area (TPSA) is 25.8 Å². The van der Waals surface area contributed by atoms with Crippen LogP contribution in [0.3, 0.4) is 0 Å². The van der Waals surface area contributed by atoms with Gasteiger partial charge in [0.1, 0.15) is 5.01 Å². The van der Waals surface area contributed by atoms with Crippen molar-refractivity contribution < 1.29 is 0 Å². The van der Waals surface area contributed by atoms with Gasteiger partial charge in [-0.2, -0.15) is 0 Å². The zero-order valence-corrected chi connectivity index (χ0v) is 9.07. The molecule has 0 amide bonds. The minimum atomic E-state index is 0.559. The van der Waals surface area contributed by atoms with Crippen LogP contribution >= 0.6 is 27.3 Å². The lowest BCUT2D eigenvalue weighted by molar-refractivity contribution is 0.653. The second-order valence-electron chi connectivity index (χ2n) is 2.58. The van der Waals surface area contributed by atoms with Crippen molar-refractivity contribution in [3.8, 4) is 0 Å². The molecule has 0 aliphatic heterocycles. The molecule has 0 aliphatic rings. The van der Waals surface area contributed by atoms with Crippen LogP contribution in [0.4, 0.5) is 0 Å². The molecule has 1 aromatic heterocycles. The summed E-state index contributed by atoms with van der Waals surface area (Å²) in [5.41, 5.74) is 0. The highest BCUT2D eigenvalue weighted by Gasteiger charge is 2.09. The Morgan fingerprint density at radius 1 is 1.55 bits per heavy atom. The predicted octanol–water partition coefficient (Wildman–Crippen LogP) is 3.20. The van der Waals surface area contributed by atoms with Crippen molar-refractivity contribution in [1.82, 2.24) is 10.2 Å². The Morgan fingerprint density at radius 2 is 2.27 bits per heavy atom. The zero-order valence-electron chi connectivity index (χ0n) is 6.67. The van der Waals surface area contributed by atoms with Crippen LogP contribution in [-0.2, 0) is 0 Å². The third-order valence-corrected chi connectivity index (χ3v) is 3.15. The third-order valence-electron chi connectivity index (χ3n) is 1.56. The standard InChI is InChI=1S/C7H11BrN2S/c1-3-4-5(2)6-9-10-7(8)11-6/h5H,3-4H2,1-2H3. The number of hydrogen-bond acceptors (Lipinski definition) is 3. The molecule has 4 heteroatoms. The molecule has 0 radical (unpaired) electrons. The summed E-state index contributed by atoms with van der Waals surface area (Å²) in [6.07, 6.45) is 2.40. The minimum Gasteiger partial charge on any atom is -0.142 e. The van der Waals surface area contributed by atoms with Crippen LogP contribution in [0, 0.1) is 0 Å². The van der Waals surface area contributed by atoms with Crippen molar-refractivity contribution >= 4 is 27.3 Å². The molecule has 2 nitrogen and oxygen atoms in total. The number of aromatic nitrogens is 2. The van der Waals surface area contributed by atoms with Gasteiger partial charge in [-0.25, -0.2) is 0 Å². The van der Waals surface area contributed by atoms with Crippen molar-refractivity contribution in [2.24, 2.45) is 0 Å². The normalized spacial score (nSPS) is 13.4. The maximum atomic E-state index is 4.06. The van der Waals surface area contributed by atoms with Crippen molar-refractivity contribution in [3.63, 3.8) is 0 Å². The first-order chi connectivity index (χ1) is 5.24. The summed E-state index contributed by atoms with van der Waals surface area (Å²) in [6, 6.07) is 0. The van der Waals surface area contributed by atoms with E-state index in [9.17, 15) is 0 Å². The molecule has 0 bridgehead atoms. The highest BCUT2D eigenvalue weighted by atomic mass is 79.9. The van der Waals surface area contributed by atoms with Gasteiger partial charge in [0, 0.05) is 5.92 Å². The zero-order chi connectivity index (χ0) is 8.27. The molecule has 0 aromatic carbocycles. The SMILES string of the molecule is CCCC(C)c1nnc(Br)s1. The summed E-state index contributed by atoms with van der Waals surface area (Å²) < 4.78 is 0.885. The summed E-state index contributed by atoms with van der Waals surface area (Å²) in [7, 11) is 0. The monoisotopic (exact) mass is 234 g/mol. The molecule has 0 N–H and O–H groups in total. The van der Waals surface area contributed by atoms with E-state index in [1.54, 1.807) is 11.3 Å². The third kappa shape index (κ3) is 2.52. The van der Waals surface area contributed by atoms with Gasteiger partial charge in [0.2, 0.25) is 0 Å². The summed E-state index contributed by atoms with van der Waals surface area (Å²) in [5.74, 6) is 0.559. The van der Waals surface area contributed by atoms with Gasteiger partial charge < -0.3 is 0 Å². The van der Waals surface area contributed by atoms with Crippen LogP contribution in [0.25, 0.3) is 0 Å². The maximum Gasteiger partial charge on any atom is 0.183 e. The fraction of sp³-hybridized carbons (Fsp3) is 0.714. The molecule has 0 fully saturated rings. The van der Waals surface area contributed by atoms with Crippen molar-refractivity contribution in [3.05, 3.63) is 8.92 Å². The molecule has 1 aromatic rings. The molecule has 11 heavy (non-hydrogen) atoms. The van der Waals surface area contributed by atoms with Crippen LogP contribution in [0.1, 0.15) is 37.6 Å². The Balaban J connectivity index is 2.60. The largest absolute Gasteiger partial charge is 0.183 e. The molecule has 1 atom stereocenters. The van der Waals surface area contributed by atoms with Gasteiger partial charge in [-0.1, -0.05) is 31.6 Å². The molecule has 1 unspecified atom stereocenters. The fourth-order valence-corrected chi connectivity index (χ4v) is 2.20. The summed E-state index contributed by atoms with van der Waals surface area (Å²) in [6.45, 7) is 4.38. The molecule has 62 valence electrons. The minimum absolute atomic E-state index is 0.559. The first kappa shape index (κ1) is 9.13. The van der Waals surface area contributed by atoms with Crippen LogP contribution in [0.2, 0.25) is 0 Å². The summed E-state index contributed by atoms with van der Waals surface area (Å²) >= 11 is 4.93. The van der Waals surface area contributed by atoms with Gasteiger partial charge in [-0.05, 0) is 22.4 Å². The van der Waals surface area contributed by atoms with E-state index in [-0.39, 0.29) is 0 Å². The number of rotatable bonds is 3. The predicted molar refractivity (Wildman–Crippen MR) is 50.9 cm³/mol. The molecule has 0 spiro atoms. The van der Waals surface area contributed by atoms with Gasteiger partial charge in [0.15, 0.2) is 3.92 Å². The van der Waals surface area contributed by atoms with Crippen molar-refractivity contribution in [2.45, 2.75) is 32.6 Å². The Morgan fingerprint density at radius 3 is 2.73 bits per heavy atom. The Kier molecular flexibility index (Phi) is 3.45. The number of nitrogens with zero attached hydrogens (tertiary/aromatic N) is 2. The second kappa shape index (κ2) is 4.16. The van der Waals surface area contributed by atoms with E-state index >= 15 is 0 Å². The van der Waals surface area contributed by atoms with Crippen LogP contribution in [-0.4, -0.2) is 10.2 Å². The summed E-state index contributed by atoms with van der Waals surface area (Å²) in [4.78, 5) is 0. The van der Waals surface area contributed by atoms with E-state index in [4.69, 9.17) is 0 Å². The fourth-order valence-electron chi connectivity index (χ4n) is 0.971. The maximum absolute atomic E-state index is 4.06. The molecule has 0 aliphatic carbocycles.